The third-order valence-corrected chi connectivity index (χ3v) is 3.00. The van der Waals surface area contributed by atoms with Gasteiger partial charge < -0.3 is 15.5 Å². The summed E-state index contributed by atoms with van der Waals surface area (Å²) in [5.41, 5.74) is 0.559. The number of ether oxygens (including phenoxy) is 1. The van der Waals surface area contributed by atoms with Gasteiger partial charge in [-0.05, 0) is 12.1 Å². The predicted molar refractivity (Wildman–Crippen MR) is 72.9 cm³/mol. The molecule has 0 aliphatic carbocycles. The first-order valence-corrected chi connectivity index (χ1v) is 6.20. The van der Waals surface area contributed by atoms with Crippen LogP contribution in [0.4, 0.5) is 27.8 Å². The molecule has 0 aliphatic rings. The van der Waals surface area contributed by atoms with Gasteiger partial charge in [-0.2, -0.15) is 10.5 Å². The fraction of sp³-hybridized carbons (Fsp3) is 0.0714. The highest BCUT2D eigenvalue weighted by Gasteiger charge is 2.34. The number of halogens is 5. The maximum atomic E-state index is 14.4. The lowest BCUT2D eigenvalue weighted by Gasteiger charge is -2.14. The summed E-state index contributed by atoms with van der Waals surface area (Å²) in [5.74, 6) is -5.29. The summed E-state index contributed by atoms with van der Waals surface area (Å²) in [7, 11) is 0. The largest absolute Gasteiger partial charge is 0.573 e. The van der Waals surface area contributed by atoms with Gasteiger partial charge in [0.15, 0.2) is 11.6 Å². The number of pyridine rings is 1. The molecular formula is C14H5F5N4O2. The number of nitriles is 2. The van der Waals surface area contributed by atoms with Crippen molar-refractivity contribution in [2.45, 2.75) is 6.36 Å². The van der Waals surface area contributed by atoms with Crippen LogP contribution in [0.25, 0.3) is 11.1 Å². The molecule has 0 fully saturated rings. The average Bonchev–Trinajstić information content (AvgIpc) is 2.49. The molecule has 0 aliphatic heterocycles. The van der Waals surface area contributed by atoms with Gasteiger partial charge in [-0.3, -0.25) is 4.79 Å². The summed E-state index contributed by atoms with van der Waals surface area (Å²) in [5, 5.41) is 18.1. The minimum atomic E-state index is -5.28. The molecule has 3 N–H and O–H groups in total. The first-order valence-electron chi connectivity index (χ1n) is 6.20. The zero-order chi connectivity index (χ0) is 18.9. The van der Waals surface area contributed by atoms with Gasteiger partial charge in [0.05, 0.1) is 5.56 Å². The number of rotatable bonds is 2. The third-order valence-electron chi connectivity index (χ3n) is 3.00. The Morgan fingerprint density at radius 1 is 1.08 bits per heavy atom. The van der Waals surface area contributed by atoms with Crippen molar-refractivity contribution in [3.8, 4) is 29.0 Å². The summed E-state index contributed by atoms with van der Waals surface area (Å²) in [6, 6.07) is 3.58. The topological polar surface area (TPSA) is 116 Å². The molecule has 0 saturated carbocycles. The van der Waals surface area contributed by atoms with Crippen molar-refractivity contribution < 1.29 is 26.7 Å². The summed E-state index contributed by atoms with van der Waals surface area (Å²) in [6.45, 7) is 0. The minimum Gasteiger partial charge on any atom is -0.403 e. The monoisotopic (exact) mass is 356 g/mol. The zero-order valence-electron chi connectivity index (χ0n) is 11.8. The van der Waals surface area contributed by atoms with E-state index in [2.05, 4.69) is 4.74 Å². The number of hydrogen-bond acceptors (Lipinski definition) is 5. The van der Waals surface area contributed by atoms with E-state index in [9.17, 15) is 26.7 Å². The number of benzene rings is 1. The van der Waals surface area contributed by atoms with Gasteiger partial charge >= 0.3 is 6.36 Å². The Morgan fingerprint density at radius 2 is 1.68 bits per heavy atom. The molecule has 0 saturated heterocycles. The second-order valence-electron chi connectivity index (χ2n) is 4.50. The van der Waals surface area contributed by atoms with E-state index >= 15 is 0 Å². The summed E-state index contributed by atoms with van der Waals surface area (Å²) in [4.78, 5) is 13.7. The number of nitrogens with zero attached hydrogens (tertiary/aromatic N) is 2. The van der Waals surface area contributed by atoms with Crippen molar-refractivity contribution in [2.24, 2.45) is 0 Å². The molecule has 2 rings (SSSR count). The highest BCUT2D eigenvalue weighted by atomic mass is 19.4. The maximum absolute atomic E-state index is 14.4. The van der Waals surface area contributed by atoms with Crippen molar-refractivity contribution in [3.63, 3.8) is 0 Å². The van der Waals surface area contributed by atoms with Crippen molar-refractivity contribution in [2.75, 3.05) is 5.73 Å². The SMILES string of the molecule is N#Cc1c(N)[nH]c(=O)c(C#N)c1-c1c(F)ccc(OC(F)(F)F)c1F. The molecule has 0 radical (unpaired) electrons. The van der Waals surface area contributed by atoms with Gasteiger partial charge in [-0.15, -0.1) is 13.2 Å². The van der Waals surface area contributed by atoms with Crippen molar-refractivity contribution in [1.29, 1.82) is 10.5 Å². The van der Waals surface area contributed by atoms with Crippen LogP contribution in [0, 0.1) is 34.3 Å². The Bertz CT molecular complexity index is 999. The molecule has 2 aromatic rings. The molecule has 128 valence electrons. The van der Waals surface area contributed by atoms with E-state index in [0.29, 0.717) is 12.1 Å². The molecule has 25 heavy (non-hydrogen) atoms. The van der Waals surface area contributed by atoms with Gasteiger partial charge in [0.2, 0.25) is 0 Å². The maximum Gasteiger partial charge on any atom is 0.573 e. The molecule has 0 unspecified atom stereocenters. The highest BCUT2D eigenvalue weighted by Crippen LogP contribution is 2.37. The molecule has 1 aromatic heterocycles. The van der Waals surface area contributed by atoms with Gasteiger partial charge in [-0.1, -0.05) is 0 Å². The molecule has 6 nitrogen and oxygen atoms in total. The van der Waals surface area contributed by atoms with E-state index in [1.807, 2.05) is 4.98 Å². The number of anilines is 1. The Morgan fingerprint density at radius 3 is 2.20 bits per heavy atom. The van der Waals surface area contributed by atoms with E-state index < -0.39 is 57.4 Å². The van der Waals surface area contributed by atoms with E-state index in [1.54, 1.807) is 0 Å². The lowest BCUT2D eigenvalue weighted by Crippen LogP contribution is -2.19. The van der Waals surface area contributed by atoms with Gasteiger partial charge in [0.25, 0.3) is 5.56 Å². The van der Waals surface area contributed by atoms with Crippen LogP contribution in [-0.4, -0.2) is 11.3 Å². The van der Waals surface area contributed by atoms with Crippen LogP contribution in [-0.2, 0) is 0 Å². The summed E-state index contributed by atoms with van der Waals surface area (Å²) >= 11 is 0. The third kappa shape index (κ3) is 3.21. The predicted octanol–water partition coefficient (Wildman–Crippen LogP) is 2.54. The fourth-order valence-corrected chi connectivity index (χ4v) is 2.06. The first-order chi connectivity index (χ1) is 11.6. The quantitative estimate of drug-likeness (QED) is 0.802. The smallest absolute Gasteiger partial charge is 0.403 e. The molecular weight excluding hydrogens is 351 g/mol. The molecule has 11 heteroatoms. The van der Waals surface area contributed by atoms with Crippen LogP contribution in [0.3, 0.4) is 0 Å². The van der Waals surface area contributed by atoms with E-state index in [4.69, 9.17) is 16.3 Å². The fourth-order valence-electron chi connectivity index (χ4n) is 2.06. The summed E-state index contributed by atoms with van der Waals surface area (Å²) < 4.78 is 68.9. The highest BCUT2D eigenvalue weighted by molar-refractivity contribution is 5.81. The second-order valence-corrected chi connectivity index (χ2v) is 4.50. The van der Waals surface area contributed by atoms with E-state index in [1.165, 1.54) is 12.1 Å². The molecule has 0 atom stereocenters. The Hall–Kier alpha value is -3.60. The van der Waals surface area contributed by atoms with E-state index in [-0.39, 0.29) is 0 Å². The lowest BCUT2D eigenvalue weighted by atomic mass is 9.95. The van der Waals surface area contributed by atoms with Gasteiger partial charge in [0.1, 0.15) is 34.9 Å². The Balaban J connectivity index is 2.94. The number of alkyl halides is 3. The van der Waals surface area contributed by atoms with Crippen molar-refractivity contribution >= 4 is 5.82 Å². The Labute approximate surface area is 135 Å². The number of aromatic nitrogens is 1. The molecule has 0 bridgehead atoms. The van der Waals surface area contributed by atoms with Gasteiger partial charge in [0, 0.05) is 5.56 Å². The van der Waals surface area contributed by atoms with Crippen molar-refractivity contribution in [1.82, 2.24) is 4.98 Å². The number of nitrogens with two attached hydrogens (primary N) is 1. The van der Waals surface area contributed by atoms with E-state index in [0.717, 1.165) is 0 Å². The number of nitrogens with one attached hydrogen (secondary N) is 1. The van der Waals surface area contributed by atoms with Crippen LogP contribution in [0.2, 0.25) is 0 Å². The molecule has 1 aromatic carbocycles. The average molecular weight is 356 g/mol. The summed E-state index contributed by atoms with van der Waals surface area (Å²) in [6.07, 6.45) is -5.28. The minimum absolute atomic E-state index is 0.371. The standard InChI is InChI=1S/C14H5F5N4O2/c15-7-1-2-8(25-14(17,18)19)11(16)10(7)9-5(3-20)12(22)23-13(24)6(9)4-21/h1-2H,(H3,22,23,24). The molecule has 0 amide bonds. The van der Waals surface area contributed by atoms with Crippen LogP contribution < -0.4 is 16.0 Å². The number of nitrogen functional groups attached to an aromatic ring is 1. The Kier molecular flexibility index (Phi) is 4.35. The second kappa shape index (κ2) is 6.13. The van der Waals surface area contributed by atoms with Gasteiger partial charge in [-0.25, -0.2) is 8.78 Å². The number of aromatic amines is 1. The first kappa shape index (κ1) is 17.7. The molecule has 1 heterocycles. The van der Waals surface area contributed by atoms with Crippen LogP contribution in [0.15, 0.2) is 16.9 Å². The van der Waals surface area contributed by atoms with Crippen LogP contribution in [0.5, 0.6) is 5.75 Å². The zero-order valence-corrected chi connectivity index (χ0v) is 11.8. The van der Waals surface area contributed by atoms with Crippen LogP contribution >= 0.6 is 0 Å². The lowest BCUT2D eigenvalue weighted by molar-refractivity contribution is -0.275. The van der Waals surface area contributed by atoms with Crippen LogP contribution in [0.1, 0.15) is 11.1 Å². The normalized spacial score (nSPS) is 10.8. The number of H-pyrrole nitrogens is 1. The number of hydrogen-bond donors (Lipinski definition) is 2. The van der Waals surface area contributed by atoms with Crippen molar-refractivity contribution in [3.05, 3.63) is 45.2 Å². The molecule has 0 spiro atoms.